The van der Waals surface area contributed by atoms with Gasteiger partial charge in [0, 0.05) is 39.4 Å². The van der Waals surface area contributed by atoms with E-state index in [1.807, 2.05) is 54.8 Å². The maximum Gasteiger partial charge on any atom is 0.0540 e. The number of thiol groups is 1. The van der Waals surface area contributed by atoms with Crippen LogP contribution < -0.4 is 16.0 Å². The van der Waals surface area contributed by atoms with E-state index in [1.165, 1.54) is 16.8 Å². The molecule has 3 N–H and O–H groups in total. The quantitative estimate of drug-likeness (QED) is 0.108. The number of allylic oxidation sites excluding steroid dienone is 4. The lowest BCUT2D eigenvalue weighted by Gasteiger charge is -2.33. The number of rotatable bonds is 7. The molecule has 3 nitrogen and oxygen atoms in total. The molecule has 4 heteroatoms. The van der Waals surface area contributed by atoms with E-state index in [1.54, 1.807) is 0 Å². The van der Waals surface area contributed by atoms with Crippen LogP contribution in [-0.2, 0) is 0 Å². The Bertz CT molecular complexity index is 1770. The molecular formula is C36H29N3S. The molecule has 194 valence electrons. The molecule has 1 aliphatic rings. The van der Waals surface area contributed by atoms with E-state index < -0.39 is 0 Å². The Morgan fingerprint density at radius 2 is 1.52 bits per heavy atom. The van der Waals surface area contributed by atoms with Crippen LogP contribution in [0.2, 0.25) is 0 Å². The molecule has 0 saturated heterocycles. The summed E-state index contributed by atoms with van der Waals surface area (Å²) in [6.45, 7) is 4.38. The molecule has 0 unspecified atom stereocenters. The largest absolute Gasteiger partial charge is 0.398 e. The van der Waals surface area contributed by atoms with Crippen LogP contribution in [-0.4, -0.2) is 0 Å². The Labute approximate surface area is 241 Å². The smallest absolute Gasteiger partial charge is 0.0540 e. The Kier molecular flexibility index (Phi) is 7.00. The first kappa shape index (κ1) is 25.4. The number of hydrogen-bond acceptors (Lipinski definition) is 4. The second-order valence-electron chi connectivity index (χ2n) is 9.66. The lowest BCUT2D eigenvalue weighted by molar-refractivity contribution is 1.26. The first-order valence-corrected chi connectivity index (χ1v) is 13.6. The Morgan fingerprint density at radius 3 is 2.38 bits per heavy atom. The molecule has 5 aromatic rings. The van der Waals surface area contributed by atoms with Gasteiger partial charge in [0.15, 0.2) is 0 Å². The van der Waals surface area contributed by atoms with Gasteiger partial charge in [0.1, 0.15) is 0 Å². The fourth-order valence-corrected chi connectivity index (χ4v) is 5.26. The minimum atomic E-state index is 0.677. The van der Waals surface area contributed by atoms with Gasteiger partial charge in [-0.2, -0.15) is 0 Å². The molecule has 0 saturated carbocycles. The van der Waals surface area contributed by atoms with Gasteiger partial charge in [-0.1, -0.05) is 79.4 Å². The van der Waals surface area contributed by atoms with Gasteiger partial charge in [0.05, 0.1) is 5.69 Å². The molecule has 0 spiro atoms. The normalized spacial score (nSPS) is 12.1. The summed E-state index contributed by atoms with van der Waals surface area (Å²) >= 11 is 4.45. The average Bonchev–Trinajstić information content (AvgIpc) is 2.99. The van der Waals surface area contributed by atoms with Crippen LogP contribution in [0.1, 0.15) is 5.56 Å². The summed E-state index contributed by atoms with van der Waals surface area (Å²) in [6.07, 6.45) is 7.97. The van der Waals surface area contributed by atoms with Crippen molar-refractivity contribution in [2.45, 2.75) is 4.90 Å². The van der Waals surface area contributed by atoms with Crippen molar-refractivity contribution < 1.29 is 0 Å². The van der Waals surface area contributed by atoms with Crippen molar-refractivity contribution in [1.82, 2.24) is 0 Å². The molecule has 0 radical (unpaired) electrons. The van der Waals surface area contributed by atoms with Crippen molar-refractivity contribution >= 4 is 46.6 Å². The van der Waals surface area contributed by atoms with Crippen molar-refractivity contribution in [1.29, 1.82) is 0 Å². The number of nitrogens with zero attached hydrogens (tertiary/aromatic N) is 1. The molecule has 0 amide bonds. The number of fused-ring (bicyclic) bond motifs is 4. The topological polar surface area (TPSA) is 41.3 Å². The zero-order chi connectivity index (χ0) is 27.5. The number of nitrogens with one attached hydrogen (secondary N) is 1. The SMILES string of the molecule is C=C(/C=C\C=C/Nc1cccc(-c2ccc(N)c(S)c2)c1)c1ccc2cc1-c1ccccc1N2c1ccccc1. The maximum absolute atomic E-state index is 5.91. The van der Waals surface area contributed by atoms with Crippen LogP contribution in [0.25, 0.3) is 27.8 Å². The summed E-state index contributed by atoms with van der Waals surface area (Å²) in [5, 5.41) is 3.36. The van der Waals surface area contributed by atoms with E-state index in [4.69, 9.17) is 5.73 Å². The summed E-state index contributed by atoms with van der Waals surface area (Å²) in [5.41, 5.74) is 17.7. The number of nitrogen functional groups attached to an aromatic ring is 1. The van der Waals surface area contributed by atoms with Crippen LogP contribution in [0, 0.1) is 0 Å². The number of anilines is 5. The van der Waals surface area contributed by atoms with Gasteiger partial charge in [-0.3, -0.25) is 0 Å². The number of benzene rings is 5. The highest BCUT2D eigenvalue weighted by atomic mass is 32.1. The molecule has 0 aliphatic carbocycles. The van der Waals surface area contributed by atoms with Crippen LogP contribution in [0.5, 0.6) is 0 Å². The summed E-state index contributed by atoms with van der Waals surface area (Å²) < 4.78 is 0. The molecule has 40 heavy (non-hydrogen) atoms. The van der Waals surface area contributed by atoms with Crippen LogP contribution in [0.3, 0.4) is 0 Å². The van der Waals surface area contributed by atoms with Crippen molar-refractivity contribution in [3.8, 4) is 22.3 Å². The van der Waals surface area contributed by atoms with E-state index in [2.05, 4.69) is 114 Å². The zero-order valence-electron chi connectivity index (χ0n) is 22.0. The lowest BCUT2D eigenvalue weighted by Crippen LogP contribution is -2.14. The standard InChI is InChI=1S/C36H29N3S/c1-25(10-7-8-21-38-28-12-9-11-26(22-28)27-17-20-34(37)36(40)23-27)31-19-18-30-24-33(31)32-15-5-6-16-35(32)39(30)29-13-3-2-4-14-29/h2-24,38,40H,1,37H2/b10-7-,21-8-. The molecule has 6 rings (SSSR count). The van der Waals surface area contributed by atoms with Crippen molar-refractivity contribution in [3.05, 3.63) is 152 Å². The Hall–Kier alpha value is -4.93. The fourth-order valence-electron chi connectivity index (χ4n) is 5.05. The number of nitrogens with two attached hydrogens (primary N) is 1. The van der Waals surface area contributed by atoms with E-state index >= 15 is 0 Å². The molecule has 1 heterocycles. The minimum Gasteiger partial charge on any atom is -0.398 e. The van der Waals surface area contributed by atoms with Crippen LogP contribution in [0.4, 0.5) is 28.4 Å². The van der Waals surface area contributed by atoms with Gasteiger partial charge in [-0.15, -0.1) is 12.6 Å². The van der Waals surface area contributed by atoms with Crippen LogP contribution in [0.15, 0.2) is 151 Å². The second-order valence-corrected chi connectivity index (χ2v) is 10.1. The summed E-state index contributed by atoms with van der Waals surface area (Å²) in [6, 6.07) is 39.8. The molecule has 0 fully saturated rings. The molecule has 5 aromatic carbocycles. The maximum atomic E-state index is 5.91. The highest BCUT2D eigenvalue weighted by molar-refractivity contribution is 7.80. The number of para-hydroxylation sites is 2. The van der Waals surface area contributed by atoms with Crippen LogP contribution >= 0.6 is 12.6 Å². The van der Waals surface area contributed by atoms with Crippen molar-refractivity contribution in [2.24, 2.45) is 0 Å². The van der Waals surface area contributed by atoms with Gasteiger partial charge in [-0.05, 0) is 88.5 Å². The van der Waals surface area contributed by atoms with E-state index in [9.17, 15) is 0 Å². The number of hydrogen-bond donors (Lipinski definition) is 3. The van der Waals surface area contributed by atoms with Gasteiger partial charge < -0.3 is 16.0 Å². The van der Waals surface area contributed by atoms with Gasteiger partial charge >= 0.3 is 0 Å². The third-order valence-corrected chi connectivity index (χ3v) is 7.43. The van der Waals surface area contributed by atoms with Gasteiger partial charge in [0.25, 0.3) is 0 Å². The summed E-state index contributed by atoms with van der Waals surface area (Å²) in [5.74, 6) is 0. The molecule has 0 atom stereocenters. The third kappa shape index (κ3) is 5.05. The Balaban J connectivity index is 1.18. The minimum absolute atomic E-state index is 0.677. The van der Waals surface area contributed by atoms with Gasteiger partial charge in [-0.25, -0.2) is 0 Å². The summed E-state index contributed by atoms with van der Waals surface area (Å²) in [7, 11) is 0. The predicted octanol–water partition coefficient (Wildman–Crippen LogP) is 9.87. The highest BCUT2D eigenvalue weighted by Crippen LogP contribution is 2.48. The first-order chi connectivity index (χ1) is 19.6. The third-order valence-electron chi connectivity index (χ3n) is 7.04. The van der Waals surface area contributed by atoms with Crippen molar-refractivity contribution in [2.75, 3.05) is 16.0 Å². The monoisotopic (exact) mass is 535 g/mol. The van der Waals surface area contributed by atoms with E-state index in [-0.39, 0.29) is 0 Å². The highest BCUT2D eigenvalue weighted by Gasteiger charge is 2.23. The molecule has 2 bridgehead atoms. The van der Waals surface area contributed by atoms with E-state index in [0.717, 1.165) is 44.2 Å². The summed E-state index contributed by atoms with van der Waals surface area (Å²) in [4.78, 5) is 3.08. The molecule has 1 aliphatic heterocycles. The lowest BCUT2D eigenvalue weighted by atomic mass is 9.89. The van der Waals surface area contributed by atoms with E-state index in [0.29, 0.717) is 5.69 Å². The Morgan fingerprint density at radius 1 is 0.725 bits per heavy atom. The first-order valence-electron chi connectivity index (χ1n) is 13.1. The van der Waals surface area contributed by atoms with Crippen molar-refractivity contribution in [3.63, 3.8) is 0 Å². The van der Waals surface area contributed by atoms with Gasteiger partial charge in [0.2, 0.25) is 0 Å². The average molecular weight is 536 g/mol. The molecule has 0 aromatic heterocycles. The molecular weight excluding hydrogens is 506 g/mol. The zero-order valence-corrected chi connectivity index (χ0v) is 22.9. The fraction of sp³-hybridized carbons (Fsp3) is 0. The second kappa shape index (κ2) is 11.0. The predicted molar refractivity (Wildman–Crippen MR) is 175 cm³/mol.